The van der Waals surface area contributed by atoms with Gasteiger partial charge < -0.3 is 10.5 Å². The maximum atomic E-state index is 12.3. The molecule has 1 heterocycles. The minimum Gasteiger partial charge on any atom is -0.397 e. The molecule has 0 atom stereocenters. The molecule has 2 rings (SSSR count). The predicted molar refractivity (Wildman–Crippen MR) is 76.7 cm³/mol. The Labute approximate surface area is 114 Å². The molecule has 6 heteroatoms. The van der Waals surface area contributed by atoms with Crippen molar-refractivity contribution in [1.82, 2.24) is 0 Å². The summed E-state index contributed by atoms with van der Waals surface area (Å²) < 4.78 is 32.4. The Morgan fingerprint density at radius 2 is 1.79 bits per heavy atom. The molecule has 0 saturated carbocycles. The molecule has 1 aromatic carbocycles. The lowest BCUT2D eigenvalue weighted by molar-refractivity contribution is 0.0984. The van der Waals surface area contributed by atoms with Crippen LogP contribution in [0.1, 0.15) is 24.0 Å². The predicted octanol–water partition coefficient (Wildman–Crippen LogP) is 1.81. The van der Waals surface area contributed by atoms with Gasteiger partial charge in [-0.1, -0.05) is 0 Å². The van der Waals surface area contributed by atoms with Gasteiger partial charge in [0.25, 0.3) is 0 Å². The van der Waals surface area contributed by atoms with E-state index >= 15 is 0 Å². The second kappa shape index (κ2) is 5.38. The molecule has 1 aliphatic heterocycles. The molecule has 1 fully saturated rings. The standard InChI is InChI=1S/C13H20N2O3S/c1-9-7-12(14)13(8-10(9)2)15-19(16,17)11-3-5-18-6-4-11/h7-8,11,15H,3-6,14H2,1-2H3. The van der Waals surface area contributed by atoms with Crippen LogP contribution < -0.4 is 10.5 Å². The van der Waals surface area contributed by atoms with Crippen molar-refractivity contribution in [2.24, 2.45) is 0 Å². The monoisotopic (exact) mass is 284 g/mol. The Kier molecular flexibility index (Phi) is 4.01. The zero-order valence-electron chi connectivity index (χ0n) is 11.3. The summed E-state index contributed by atoms with van der Waals surface area (Å²) in [5, 5.41) is -0.401. The number of ether oxygens (including phenoxy) is 1. The zero-order chi connectivity index (χ0) is 14.0. The van der Waals surface area contributed by atoms with Crippen molar-refractivity contribution in [3.63, 3.8) is 0 Å². The summed E-state index contributed by atoms with van der Waals surface area (Å²) in [6.07, 6.45) is 1.06. The third kappa shape index (κ3) is 3.19. The van der Waals surface area contributed by atoms with Crippen molar-refractivity contribution >= 4 is 21.4 Å². The van der Waals surface area contributed by atoms with Crippen LogP contribution in [0.15, 0.2) is 12.1 Å². The van der Waals surface area contributed by atoms with Crippen molar-refractivity contribution in [1.29, 1.82) is 0 Å². The molecule has 5 nitrogen and oxygen atoms in total. The number of aryl methyl sites for hydroxylation is 2. The summed E-state index contributed by atoms with van der Waals surface area (Å²) in [7, 11) is -3.40. The fraction of sp³-hybridized carbons (Fsp3) is 0.538. The van der Waals surface area contributed by atoms with Crippen LogP contribution >= 0.6 is 0 Å². The maximum Gasteiger partial charge on any atom is 0.235 e. The molecule has 1 aromatic rings. The van der Waals surface area contributed by atoms with E-state index in [0.29, 0.717) is 37.4 Å². The quantitative estimate of drug-likeness (QED) is 0.829. The molecule has 0 aromatic heterocycles. The summed E-state index contributed by atoms with van der Waals surface area (Å²) in [5.41, 5.74) is 8.86. The minimum atomic E-state index is -3.40. The summed E-state index contributed by atoms with van der Waals surface area (Å²) in [6.45, 7) is 4.87. The van der Waals surface area contributed by atoms with E-state index < -0.39 is 15.3 Å². The van der Waals surface area contributed by atoms with Crippen LogP contribution in [-0.2, 0) is 14.8 Å². The Balaban J connectivity index is 2.22. The van der Waals surface area contributed by atoms with Gasteiger partial charge in [-0.2, -0.15) is 0 Å². The first-order chi connectivity index (χ1) is 8.90. The second-order valence-corrected chi connectivity index (χ2v) is 6.94. The third-order valence-electron chi connectivity index (χ3n) is 3.53. The van der Waals surface area contributed by atoms with E-state index in [1.54, 1.807) is 12.1 Å². The number of nitrogen functional groups attached to an aromatic ring is 1. The topological polar surface area (TPSA) is 81.4 Å². The van der Waals surface area contributed by atoms with Gasteiger partial charge in [0.1, 0.15) is 0 Å². The van der Waals surface area contributed by atoms with Gasteiger partial charge in [0.05, 0.1) is 16.6 Å². The number of sulfonamides is 1. The Morgan fingerprint density at radius 1 is 1.21 bits per heavy atom. The normalized spacial score (nSPS) is 17.4. The maximum absolute atomic E-state index is 12.3. The molecule has 0 bridgehead atoms. The molecule has 106 valence electrons. The van der Waals surface area contributed by atoms with Crippen LogP contribution in [-0.4, -0.2) is 26.9 Å². The molecule has 0 radical (unpaired) electrons. The highest BCUT2D eigenvalue weighted by Crippen LogP contribution is 2.26. The number of rotatable bonds is 3. The van der Waals surface area contributed by atoms with Crippen LogP contribution in [0.5, 0.6) is 0 Å². The number of anilines is 2. The summed E-state index contributed by atoms with van der Waals surface area (Å²) in [6, 6.07) is 3.57. The highest BCUT2D eigenvalue weighted by atomic mass is 32.2. The van der Waals surface area contributed by atoms with E-state index in [0.717, 1.165) is 11.1 Å². The largest absolute Gasteiger partial charge is 0.397 e. The van der Waals surface area contributed by atoms with Gasteiger partial charge in [-0.15, -0.1) is 0 Å². The molecular formula is C13H20N2O3S. The van der Waals surface area contributed by atoms with E-state index in [-0.39, 0.29) is 0 Å². The van der Waals surface area contributed by atoms with Crippen LogP contribution in [0.3, 0.4) is 0 Å². The van der Waals surface area contributed by atoms with Gasteiger partial charge in [0, 0.05) is 13.2 Å². The van der Waals surface area contributed by atoms with E-state index in [4.69, 9.17) is 10.5 Å². The fourth-order valence-corrected chi connectivity index (χ4v) is 3.61. The van der Waals surface area contributed by atoms with Crippen LogP contribution in [0, 0.1) is 13.8 Å². The van der Waals surface area contributed by atoms with E-state index in [1.807, 2.05) is 13.8 Å². The van der Waals surface area contributed by atoms with Gasteiger partial charge in [-0.05, 0) is 49.9 Å². The number of hydrogen-bond acceptors (Lipinski definition) is 4. The number of nitrogens with two attached hydrogens (primary N) is 1. The smallest absolute Gasteiger partial charge is 0.235 e. The van der Waals surface area contributed by atoms with E-state index in [9.17, 15) is 8.42 Å². The number of hydrogen-bond donors (Lipinski definition) is 2. The van der Waals surface area contributed by atoms with Gasteiger partial charge >= 0.3 is 0 Å². The SMILES string of the molecule is Cc1cc(N)c(NS(=O)(=O)C2CCOCC2)cc1C. The minimum absolute atomic E-state index is 0.401. The molecule has 3 N–H and O–H groups in total. The van der Waals surface area contributed by atoms with Crippen molar-refractivity contribution in [2.75, 3.05) is 23.7 Å². The Bertz CT molecular complexity index is 563. The lowest BCUT2D eigenvalue weighted by Crippen LogP contribution is -2.33. The average molecular weight is 284 g/mol. The number of benzene rings is 1. The highest BCUT2D eigenvalue weighted by molar-refractivity contribution is 7.93. The van der Waals surface area contributed by atoms with Crippen molar-refractivity contribution in [3.05, 3.63) is 23.3 Å². The molecule has 1 aliphatic rings. The molecule has 0 amide bonds. The Morgan fingerprint density at radius 3 is 2.42 bits per heavy atom. The summed E-state index contributed by atoms with van der Waals surface area (Å²) >= 11 is 0. The summed E-state index contributed by atoms with van der Waals surface area (Å²) in [4.78, 5) is 0. The highest BCUT2D eigenvalue weighted by Gasteiger charge is 2.28. The molecule has 19 heavy (non-hydrogen) atoms. The van der Waals surface area contributed by atoms with Crippen LogP contribution in [0.2, 0.25) is 0 Å². The first-order valence-corrected chi connectivity index (χ1v) is 7.91. The Hall–Kier alpha value is -1.27. The number of nitrogens with one attached hydrogen (secondary N) is 1. The zero-order valence-corrected chi connectivity index (χ0v) is 12.1. The molecule has 0 unspecified atom stereocenters. The van der Waals surface area contributed by atoms with Gasteiger partial charge in [-0.3, -0.25) is 4.72 Å². The van der Waals surface area contributed by atoms with Crippen LogP contribution in [0.25, 0.3) is 0 Å². The van der Waals surface area contributed by atoms with Gasteiger partial charge in [-0.25, -0.2) is 8.42 Å². The third-order valence-corrected chi connectivity index (χ3v) is 5.38. The van der Waals surface area contributed by atoms with Crippen LogP contribution in [0.4, 0.5) is 11.4 Å². The lowest BCUT2D eigenvalue weighted by atomic mass is 10.1. The lowest BCUT2D eigenvalue weighted by Gasteiger charge is -2.23. The first-order valence-electron chi connectivity index (χ1n) is 6.36. The average Bonchev–Trinajstić information content (AvgIpc) is 2.37. The van der Waals surface area contributed by atoms with Crippen molar-refractivity contribution in [3.8, 4) is 0 Å². The van der Waals surface area contributed by atoms with E-state index in [2.05, 4.69) is 4.72 Å². The molecule has 0 spiro atoms. The fourth-order valence-electron chi connectivity index (χ4n) is 2.15. The van der Waals surface area contributed by atoms with Gasteiger partial charge in [0.15, 0.2) is 0 Å². The molecule has 0 aliphatic carbocycles. The first kappa shape index (κ1) is 14.1. The van der Waals surface area contributed by atoms with Crippen molar-refractivity contribution in [2.45, 2.75) is 31.9 Å². The van der Waals surface area contributed by atoms with E-state index in [1.165, 1.54) is 0 Å². The molecular weight excluding hydrogens is 264 g/mol. The summed E-state index contributed by atoms with van der Waals surface area (Å²) in [5.74, 6) is 0. The second-order valence-electron chi connectivity index (χ2n) is 4.98. The van der Waals surface area contributed by atoms with Crippen molar-refractivity contribution < 1.29 is 13.2 Å². The van der Waals surface area contributed by atoms with Gasteiger partial charge in [0.2, 0.25) is 10.0 Å². The molecule has 1 saturated heterocycles.